The van der Waals surface area contributed by atoms with Gasteiger partial charge < -0.3 is 40.1 Å². The van der Waals surface area contributed by atoms with Gasteiger partial charge in [0, 0.05) is 19.1 Å². The first kappa shape index (κ1) is 40.5. The highest BCUT2D eigenvalue weighted by atomic mass is 31.2. The number of carbonyl (C=O) groups excluding carboxylic acids is 3. The van der Waals surface area contributed by atoms with E-state index in [1.165, 1.54) is 0 Å². The molecule has 0 unspecified atom stereocenters. The Kier molecular flexibility index (Phi) is 15.2. The average molecular weight is 739 g/mol. The summed E-state index contributed by atoms with van der Waals surface area (Å²) in [6, 6.07) is 22.2. The number of benzene rings is 3. The van der Waals surface area contributed by atoms with Crippen LogP contribution in [0.15, 0.2) is 78.9 Å². The van der Waals surface area contributed by atoms with Crippen LogP contribution in [0.25, 0.3) is 0 Å². The van der Waals surface area contributed by atoms with Crippen molar-refractivity contribution in [1.29, 1.82) is 0 Å². The van der Waals surface area contributed by atoms with Crippen molar-refractivity contribution >= 4 is 25.7 Å². The minimum atomic E-state index is -4.90. The maximum atomic E-state index is 14.1. The van der Waals surface area contributed by atoms with Gasteiger partial charge in [0.2, 0.25) is 5.91 Å². The predicted molar refractivity (Wildman–Crippen MR) is 196 cm³/mol. The number of nitrogens with zero attached hydrogens (tertiary/aromatic N) is 1. The zero-order valence-electron chi connectivity index (χ0n) is 30.2. The number of hydrogen-bond acceptors (Lipinski definition) is 7. The van der Waals surface area contributed by atoms with Crippen molar-refractivity contribution in [2.24, 2.45) is 5.92 Å². The second kappa shape index (κ2) is 19.5. The molecule has 13 nitrogen and oxygen atoms in total. The van der Waals surface area contributed by atoms with Crippen molar-refractivity contribution < 1.29 is 42.7 Å². The Morgan fingerprint density at radius 2 is 1.52 bits per heavy atom. The minimum absolute atomic E-state index is 0.109. The summed E-state index contributed by atoms with van der Waals surface area (Å²) in [7, 11) is -4.90. The second-order valence-corrected chi connectivity index (χ2v) is 14.7. The SMILES string of the molecule is Cc1cccc(C)c1OCC(=O)N[C@@H](Cc1ccccc1)[C@H](C[C@H](Cc1ccccc1)NC(=O)[C@H](C(C)C)N1CCCNC1=O)OCOP(=O)(O)O. The van der Waals surface area contributed by atoms with Crippen LogP contribution >= 0.6 is 7.82 Å². The van der Waals surface area contributed by atoms with Crippen molar-refractivity contribution in [1.82, 2.24) is 20.9 Å². The number of nitrogens with one attached hydrogen (secondary N) is 3. The quantitative estimate of drug-likeness (QED) is 0.0881. The molecule has 3 aromatic rings. The van der Waals surface area contributed by atoms with Crippen molar-refractivity contribution in [3.05, 3.63) is 101 Å². The van der Waals surface area contributed by atoms with Gasteiger partial charge in [0.05, 0.1) is 12.1 Å². The zero-order valence-corrected chi connectivity index (χ0v) is 31.1. The molecule has 4 rings (SSSR count). The standard InChI is InChI=1S/C38H51N4O9P/c1-26(2)35(42-20-12-19-39-38(42)45)37(44)40-31(21-29-15-7-5-8-16-29)23-33(50-25-51-52(46,47)48)32(22-30-17-9-6-10-18-30)41-34(43)24-49-36-27(3)13-11-14-28(36)4/h5-11,13-18,26,31-33,35H,12,19-25H2,1-4H3,(H,39,45)(H,40,44)(H,41,43)(H2,46,47,48)/t31-,32-,33-,35-/m0/s1. The first-order chi connectivity index (χ1) is 24.8. The number of para-hydroxylation sites is 1. The van der Waals surface area contributed by atoms with Crippen molar-refractivity contribution in [3.8, 4) is 5.75 Å². The zero-order chi connectivity index (χ0) is 37.7. The molecule has 1 fully saturated rings. The molecule has 1 aliphatic rings. The van der Waals surface area contributed by atoms with Gasteiger partial charge in [-0.25, -0.2) is 9.36 Å². The average Bonchev–Trinajstić information content (AvgIpc) is 3.08. The lowest BCUT2D eigenvalue weighted by Gasteiger charge is -2.37. The highest BCUT2D eigenvalue weighted by Gasteiger charge is 2.36. The molecule has 1 heterocycles. The number of ether oxygens (including phenoxy) is 2. The minimum Gasteiger partial charge on any atom is -0.483 e. The lowest BCUT2D eigenvalue weighted by atomic mass is 9.92. The molecular formula is C38H51N4O9P. The number of aryl methyl sites for hydroxylation is 2. The lowest BCUT2D eigenvalue weighted by Crippen LogP contribution is -2.59. The highest BCUT2D eigenvalue weighted by Crippen LogP contribution is 2.35. The summed E-state index contributed by atoms with van der Waals surface area (Å²) in [5, 5.41) is 9.02. The van der Waals surface area contributed by atoms with Gasteiger partial charge in [-0.3, -0.25) is 14.1 Å². The van der Waals surface area contributed by atoms with Crippen LogP contribution in [0.5, 0.6) is 5.75 Å². The fraction of sp³-hybridized carbons (Fsp3) is 0.447. The number of carbonyl (C=O) groups is 3. The van der Waals surface area contributed by atoms with Crippen LogP contribution in [0.4, 0.5) is 4.79 Å². The van der Waals surface area contributed by atoms with Gasteiger partial charge in [0.25, 0.3) is 5.91 Å². The molecule has 0 aromatic heterocycles. The molecular weight excluding hydrogens is 687 g/mol. The van der Waals surface area contributed by atoms with E-state index in [0.29, 0.717) is 31.7 Å². The summed E-state index contributed by atoms with van der Waals surface area (Å²) >= 11 is 0. The molecule has 0 spiro atoms. The van der Waals surface area contributed by atoms with Crippen molar-refractivity contribution in [2.75, 3.05) is 26.5 Å². The van der Waals surface area contributed by atoms with Crippen molar-refractivity contribution in [3.63, 3.8) is 0 Å². The van der Waals surface area contributed by atoms with Crippen LogP contribution in [0, 0.1) is 19.8 Å². The highest BCUT2D eigenvalue weighted by molar-refractivity contribution is 7.46. The molecule has 52 heavy (non-hydrogen) atoms. The molecule has 4 atom stereocenters. The lowest BCUT2D eigenvalue weighted by molar-refractivity contribution is -0.129. The van der Waals surface area contributed by atoms with E-state index in [0.717, 1.165) is 22.3 Å². The van der Waals surface area contributed by atoms with Gasteiger partial charge in [0.15, 0.2) is 13.4 Å². The smallest absolute Gasteiger partial charge is 0.471 e. The Hall–Kier alpha value is -4.26. The number of phosphoric acid groups is 1. The Morgan fingerprint density at radius 3 is 2.10 bits per heavy atom. The fourth-order valence-electron chi connectivity index (χ4n) is 6.47. The molecule has 282 valence electrons. The van der Waals surface area contributed by atoms with E-state index < -0.39 is 44.8 Å². The summed E-state index contributed by atoms with van der Waals surface area (Å²) < 4.78 is 28.4. The van der Waals surface area contributed by atoms with Crippen LogP contribution in [0.2, 0.25) is 0 Å². The Balaban J connectivity index is 1.65. The maximum Gasteiger partial charge on any atom is 0.471 e. The molecule has 0 bridgehead atoms. The second-order valence-electron chi connectivity index (χ2n) is 13.4. The molecule has 3 aromatic carbocycles. The first-order valence-corrected chi connectivity index (χ1v) is 19.1. The molecule has 0 aliphatic carbocycles. The van der Waals surface area contributed by atoms with Crippen LogP contribution < -0.4 is 20.7 Å². The number of urea groups is 1. The normalized spacial score (nSPS) is 15.7. The summed E-state index contributed by atoms with van der Waals surface area (Å²) in [4.78, 5) is 60.9. The maximum absolute atomic E-state index is 14.1. The molecule has 1 aliphatic heterocycles. The van der Waals surface area contributed by atoms with Gasteiger partial charge >= 0.3 is 13.9 Å². The molecule has 0 radical (unpaired) electrons. The van der Waals surface area contributed by atoms with Gasteiger partial charge in [-0.1, -0.05) is 92.7 Å². The van der Waals surface area contributed by atoms with Crippen LogP contribution in [-0.4, -0.2) is 83.3 Å². The van der Waals surface area contributed by atoms with Crippen molar-refractivity contribution in [2.45, 2.75) is 77.6 Å². The van der Waals surface area contributed by atoms with Crippen LogP contribution in [0.1, 0.15) is 48.9 Å². The van der Waals surface area contributed by atoms with E-state index in [1.54, 1.807) is 4.90 Å². The Bertz CT molecular complexity index is 1630. The Morgan fingerprint density at radius 1 is 0.904 bits per heavy atom. The molecule has 1 saturated heterocycles. The Labute approximate surface area is 305 Å². The topological polar surface area (TPSA) is 176 Å². The van der Waals surface area contributed by atoms with E-state index in [2.05, 4.69) is 16.0 Å². The monoisotopic (exact) mass is 738 g/mol. The third-order valence-corrected chi connectivity index (χ3v) is 9.33. The summed E-state index contributed by atoms with van der Waals surface area (Å²) in [6.07, 6.45) is 0.549. The number of amides is 4. The fourth-order valence-corrected chi connectivity index (χ4v) is 6.67. The number of hydrogen-bond donors (Lipinski definition) is 5. The molecule has 5 N–H and O–H groups in total. The largest absolute Gasteiger partial charge is 0.483 e. The van der Waals surface area contributed by atoms with Gasteiger partial charge in [-0.2, -0.15) is 0 Å². The van der Waals surface area contributed by atoms with Crippen LogP contribution in [-0.2, 0) is 36.3 Å². The first-order valence-electron chi connectivity index (χ1n) is 17.5. The van der Waals surface area contributed by atoms with Gasteiger partial charge in [0.1, 0.15) is 11.8 Å². The molecule has 0 saturated carbocycles. The van der Waals surface area contributed by atoms with E-state index >= 15 is 0 Å². The van der Waals surface area contributed by atoms with Gasteiger partial charge in [-0.15, -0.1) is 0 Å². The van der Waals surface area contributed by atoms with Gasteiger partial charge in [-0.05, 0) is 67.7 Å². The molecule has 14 heteroatoms. The van der Waals surface area contributed by atoms with E-state index in [9.17, 15) is 28.7 Å². The van der Waals surface area contributed by atoms with E-state index in [-0.39, 0.29) is 37.3 Å². The van der Waals surface area contributed by atoms with Crippen LogP contribution in [0.3, 0.4) is 0 Å². The van der Waals surface area contributed by atoms with E-state index in [1.807, 2.05) is 107 Å². The summed E-state index contributed by atoms with van der Waals surface area (Å²) in [5.74, 6) is -0.378. The third kappa shape index (κ3) is 12.8. The van der Waals surface area contributed by atoms with E-state index in [4.69, 9.17) is 14.0 Å². The summed E-state index contributed by atoms with van der Waals surface area (Å²) in [6.45, 7) is 7.47. The third-order valence-electron chi connectivity index (χ3n) is 8.89. The number of rotatable bonds is 19. The molecule has 4 amide bonds. The number of phosphoric ester groups is 1. The predicted octanol–water partition coefficient (Wildman–Crippen LogP) is 4.42. The summed E-state index contributed by atoms with van der Waals surface area (Å²) in [5.41, 5.74) is 3.55.